The number of carbonyl (C=O) groups excluding carboxylic acids is 1. The molecule has 1 aromatic rings. The number of amides is 1. The van der Waals surface area contributed by atoms with Crippen LogP contribution in [0.5, 0.6) is 0 Å². The number of carbonyl (C=O) groups is 1. The van der Waals surface area contributed by atoms with Gasteiger partial charge in [0.05, 0.1) is 10.0 Å². The number of hydrogen-bond acceptors (Lipinski definition) is 2. The lowest BCUT2D eigenvalue weighted by atomic mass is 10.1. The van der Waals surface area contributed by atoms with Crippen molar-refractivity contribution in [3.8, 4) is 0 Å². The Bertz CT molecular complexity index is 478. The summed E-state index contributed by atoms with van der Waals surface area (Å²) >= 11 is 4.96. The van der Waals surface area contributed by atoms with E-state index < -0.39 is 5.82 Å². The molecular formula is C13H15BrFNOS. The lowest BCUT2D eigenvalue weighted by molar-refractivity contribution is 0.0743. The summed E-state index contributed by atoms with van der Waals surface area (Å²) in [6.45, 7) is 5.55. The lowest BCUT2D eigenvalue weighted by Gasteiger charge is -2.37. The Labute approximate surface area is 119 Å². The molecule has 98 valence electrons. The van der Waals surface area contributed by atoms with E-state index >= 15 is 0 Å². The summed E-state index contributed by atoms with van der Waals surface area (Å²) in [5.41, 5.74) is 0.145. The van der Waals surface area contributed by atoms with Gasteiger partial charge < -0.3 is 4.90 Å². The Kier molecular flexibility index (Phi) is 4.02. The summed E-state index contributed by atoms with van der Waals surface area (Å²) in [7, 11) is 0. The third kappa shape index (κ3) is 2.88. The van der Waals surface area contributed by atoms with Crippen LogP contribution in [-0.4, -0.2) is 34.4 Å². The second kappa shape index (κ2) is 5.21. The molecule has 2 nitrogen and oxygen atoms in total. The first-order valence-electron chi connectivity index (χ1n) is 5.78. The van der Waals surface area contributed by atoms with Crippen molar-refractivity contribution in [1.29, 1.82) is 0 Å². The fourth-order valence-corrected chi connectivity index (χ4v) is 3.51. The highest BCUT2D eigenvalue weighted by molar-refractivity contribution is 9.10. The van der Waals surface area contributed by atoms with Crippen molar-refractivity contribution < 1.29 is 9.18 Å². The van der Waals surface area contributed by atoms with Gasteiger partial charge in [0.2, 0.25) is 0 Å². The summed E-state index contributed by atoms with van der Waals surface area (Å²) in [5, 5.41) is 0. The maximum atomic E-state index is 13.9. The van der Waals surface area contributed by atoms with Crippen LogP contribution in [0.4, 0.5) is 4.39 Å². The Balaban J connectivity index is 2.23. The van der Waals surface area contributed by atoms with Gasteiger partial charge >= 0.3 is 0 Å². The Hall–Kier alpha value is -0.550. The van der Waals surface area contributed by atoms with Crippen molar-refractivity contribution in [3.63, 3.8) is 0 Å². The standard InChI is InChI=1S/C13H15BrFNOS/c1-13(2)8-16(6-7-18-13)12(17)9-4-3-5-10(14)11(9)15/h3-5H,6-8H2,1-2H3. The fraction of sp³-hybridized carbons (Fsp3) is 0.462. The molecule has 0 unspecified atom stereocenters. The molecule has 1 amide bonds. The van der Waals surface area contributed by atoms with Gasteiger partial charge in [0.1, 0.15) is 5.82 Å². The summed E-state index contributed by atoms with van der Waals surface area (Å²) in [5.74, 6) is 0.203. The minimum absolute atomic E-state index is 0.0381. The van der Waals surface area contributed by atoms with Crippen molar-refractivity contribution >= 4 is 33.6 Å². The van der Waals surface area contributed by atoms with Gasteiger partial charge in [-0.2, -0.15) is 11.8 Å². The quantitative estimate of drug-likeness (QED) is 0.784. The predicted octanol–water partition coefficient (Wildman–Crippen LogP) is 3.56. The zero-order chi connectivity index (χ0) is 13.3. The predicted molar refractivity (Wildman–Crippen MR) is 76.5 cm³/mol. The normalized spacial score (nSPS) is 18.8. The molecule has 5 heteroatoms. The van der Waals surface area contributed by atoms with Crippen molar-refractivity contribution in [2.75, 3.05) is 18.8 Å². The summed E-state index contributed by atoms with van der Waals surface area (Å²) in [6.07, 6.45) is 0. The Morgan fingerprint density at radius 2 is 2.22 bits per heavy atom. The number of benzene rings is 1. The molecule has 1 aromatic carbocycles. The van der Waals surface area contributed by atoms with Gasteiger partial charge in [-0.25, -0.2) is 4.39 Å². The van der Waals surface area contributed by atoms with Gasteiger partial charge in [0.25, 0.3) is 5.91 Å². The van der Waals surface area contributed by atoms with Crippen LogP contribution in [0.15, 0.2) is 22.7 Å². The van der Waals surface area contributed by atoms with E-state index in [0.717, 1.165) is 5.75 Å². The van der Waals surface area contributed by atoms with Gasteiger partial charge in [-0.3, -0.25) is 4.79 Å². The molecule has 2 rings (SSSR count). The average Bonchev–Trinajstić information content (AvgIpc) is 2.30. The van der Waals surface area contributed by atoms with Crippen LogP contribution < -0.4 is 0 Å². The van der Waals surface area contributed by atoms with Crippen LogP contribution in [0.25, 0.3) is 0 Å². The molecule has 0 N–H and O–H groups in total. The average molecular weight is 332 g/mol. The fourth-order valence-electron chi connectivity index (χ4n) is 2.03. The first-order chi connectivity index (χ1) is 8.41. The molecule has 0 spiro atoms. The van der Waals surface area contributed by atoms with Gasteiger partial charge in [-0.1, -0.05) is 6.07 Å². The molecule has 0 aromatic heterocycles. The number of thioether (sulfide) groups is 1. The Morgan fingerprint density at radius 3 is 2.89 bits per heavy atom. The monoisotopic (exact) mass is 331 g/mol. The number of nitrogens with zero attached hydrogens (tertiary/aromatic N) is 1. The van der Waals surface area contributed by atoms with E-state index in [1.807, 2.05) is 11.8 Å². The van der Waals surface area contributed by atoms with Crippen LogP contribution in [-0.2, 0) is 0 Å². The molecular weight excluding hydrogens is 317 g/mol. The van der Waals surface area contributed by atoms with Crippen molar-refractivity contribution in [1.82, 2.24) is 4.90 Å². The molecule has 1 aliphatic heterocycles. The second-order valence-corrected chi connectivity index (χ2v) is 7.59. The molecule has 1 heterocycles. The minimum Gasteiger partial charge on any atom is -0.336 e. The molecule has 18 heavy (non-hydrogen) atoms. The third-order valence-electron chi connectivity index (χ3n) is 2.89. The van der Waals surface area contributed by atoms with E-state index in [0.29, 0.717) is 17.6 Å². The number of hydrogen-bond donors (Lipinski definition) is 0. The van der Waals surface area contributed by atoms with Crippen molar-refractivity contribution in [2.45, 2.75) is 18.6 Å². The minimum atomic E-state index is -0.474. The largest absolute Gasteiger partial charge is 0.336 e. The van der Waals surface area contributed by atoms with Gasteiger partial charge in [-0.05, 0) is 41.9 Å². The van der Waals surface area contributed by atoms with E-state index in [4.69, 9.17) is 0 Å². The molecule has 1 fully saturated rings. The molecule has 1 saturated heterocycles. The maximum absolute atomic E-state index is 13.9. The zero-order valence-electron chi connectivity index (χ0n) is 10.4. The molecule has 0 atom stereocenters. The highest BCUT2D eigenvalue weighted by atomic mass is 79.9. The molecule has 1 aliphatic rings. The Morgan fingerprint density at radius 1 is 1.50 bits per heavy atom. The smallest absolute Gasteiger partial charge is 0.256 e. The first-order valence-corrected chi connectivity index (χ1v) is 7.56. The van der Waals surface area contributed by atoms with Crippen LogP contribution in [0.3, 0.4) is 0 Å². The third-order valence-corrected chi connectivity index (χ3v) is 4.80. The van der Waals surface area contributed by atoms with Crippen LogP contribution in [0.2, 0.25) is 0 Å². The molecule has 0 radical (unpaired) electrons. The van der Waals surface area contributed by atoms with Gasteiger partial charge in [-0.15, -0.1) is 0 Å². The van der Waals surface area contributed by atoms with Crippen LogP contribution in [0, 0.1) is 5.82 Å². The van der Waals surface area contributed by atoms with E-state index in [2.05, 4.69) is 29.8 Å². The van der Waals surface area contributed by atoms with Crippen molar-refractivity contribution in [3.05, 3.63) is 34.1 Å². The van der Waals surface area contributed by atoms with E-state index in [1.165, 1.54) is 6.07 Å². The van der Waals surface area contributed by atoms with E-state index in [-0.39, 0.29) is 16.2 Å². The zero-order valence-corrected chi connectivity index (χ0v) is 12.8. The van der Waals surface area contributed by atoms with E-state index in [1.54, 1.807) is 17.0 Å². The SMILES string of the molecule is CC1(C)CN(C(=O)c2cccc(Br)c2F)CCS1. The lowest BCUT2D eigenvalue weighted by Crippen LogP contribution is -2.46. The molecule has 0 saturated carbocycles. The van der Waals surface area contributed by atoms with Crippen LogP contribution in [0.1, 0.15) is 24.2 Å². The molecule has 0 bridgehead atoms. The highest BCUT2D eigenvalue weighted by Crippen LogP contribution is 2.30. The summed E-state index contributed by atoms with van der Waals surface area (Å²) in [6, 6.07) is 4.82. The van der Waals surface area contributed by atoms with Crippen LogP contribution >= 0.6 is 27.7 Å². The number of halogens is 2. The molecule has 0 aliphatic carbocycles. The van der Waals surface area contributed by atoms with Gasteiger partial charge in [0.15, 0.2) is 0 Å². The van der Waals surface area contributed by atoms with Crippen molar-refractivity contribution in [2.24, 2.45) is 0 Å². The number of rotatable bonds is 1. The topological polar surface area (TPSA) is 20.3 Å². The van der Waals surface area contributed by atoms with E-state index in [9.17, 15) is 9.18 Å². The second-order valence-electron chi connectivity index (χ2n) is 4.94. The summed E-state index contributed by atoms with van der Waals surface area (Å²) in [4.78, 5) is 14.1. The maximum Gasteiger partial charge on any atom is 0.256 e. The summed E-state index contributed by atoms with van der Waals surface area (Å²) < 4.78 is 14.3. The highest BCUT2D eigenvalue weighted by Gasteiger charge is 2.31. The van der Waals surface area contributed by atoms with Gasteiger partial charge in [0, 0.05) is 23.6 Å². The first kappa shape index (κ1) is 13.9.